The van der Waals surface area contributed by atoms with Crippen LogP contribution >= 0.6 is 0 Å². The molecule has 1 heterocycles. The molecule has 1 unspecified atom stereocenters. The highest BCUT2D eigenvalue weighted by Crippen LogP contribution is 2.22. The summed E-state index contributed by atoms with van der Waals surface area (Å²) >= 11 is 0. The first-order chi connectivity index (χ1) is 14.7. The predicted octanol–water partition coefficient (Wildman–Crippen LogP) is 2.49. The van der Waals surface area contributed by atoms with Crippen molar-refractivity contribution < 1.29 is 14.2 Å². The fourth-order valence-electron chi connectivity index (χ4n) is 3.45. The van der Waals surface area contributed by atoms with Gasteiger partial charge in [-0.05, 0) is 30.2 Å². The molecule has 3 N–H and O–H groups in total. The second-order valence-corrected chi connectivity index (χ2v) is 7.25. The van der Waals surface area contributed by atoms with Crippen LogP contribution in [0.4, 0.5) is 10.1 Å². The monoisotopic (exact) mass is 414 g/mol. The zero-order valence-corrected chi connectivity index (χ0v) is 17.5. The zero-order chi connectivity index (χ0) is 21.2. The second kappa shape index (κ2) is 11.5. The van der Waals surface area contributed by atoms with Crippen molar-refractivity contribution in [1.29, 1.82) is 0 Å². The van der Waals surface area contributed by atoms with Crippen LogP contribution < -0.4 is 15.5 Å². The number of guanidine groups is 1. The summed E-state index contributed by atoms with van der Waals surface area (Å²) in [5.74, 6) is 0.386. The fourth-order valence-corrected chi connectivity index (χ4v) is 3.45. The Labute approximate surface area is 177 Å². The Morgan fingerprint density at radius 3 is 2.60 bits per heavy atom. The van der Waals surface area contributed by atoms with Gasteiger partial charge in [-0.1, -0.05) is 36.4 Å². The molecule has 1 saturated heterocycles. The minimum absolute atomic E-state index is 0.0275. The number of ether oxygens (including phenoxy) is 1. The minimum Gasteiger partial charge on any atom is -0.396 e. The lowest BCUT2D eigenvalue weighted by atomic mass is 10.0. The van der Waals surface area contributed by atoms with E-state index in [1.165, 1.54) is 0 Å². The van der Waals surface area contributed by atoms with Crippen molar-refractivity contribution in [2.45, 2.75) is 19.4 Å². The molecule has 2 aromatic rings. The predicted molar refractivity (Wildman–Crippen MR) is 119 cm³/mol. The second-order valence-electron chi connectivity index (χ2n) is 7.25. The van der Waals surface area contributed by atoms with Gasteiger partial charge in [0.1, 0.15) is 5.82 Å². The summed E-state index contributed by atoms with van der Waals surface area (Å²) < 4.78 is 19.9. The number of benzene rings is 2. The first-order valence-corrected chi connectivity index (χ1v) is 10.5. The average molecular weight is 415 g/mol. The molecule has 162 valence electrons. The Bertz CT molecular complexity index is 810. The molecule has 1 atom stereocenters. The van der Waals surface area contributed by atoms with Gasteiger partial charge in [-0.15, -0.1) is 0 Å². The van der Waals surface area contributed by atoms with Crippen molar-refractivity contribution in [2.24, 2.45) is 4.99 Å². The number of nitrogens with one attached hydrogen (secondary N) is 2. The number of halogens is 1. The largest absolute Gasteiger partial charge is 0.396 e. The van der Waals surface area contributed by atoms with E-state index in [1.807, 2.05) is 54.3 Å². The number of aliphatic hydroxyl groups excluding tert-OH is 1. The lowest BCUT2D eigenvalue weighted by Crippen LogP contribution is -2.40. The first kappa shape index (κ1) is 22.1. The maximum atomic E-state index is 14.6. The number of morpholine rings is 1. The van der Waals surface area contributed by atoms with E-state index in [9.17, 15) is 9.50 Å². The smallest absolute Gasteiger partial charge is 0.191 e. The fraction of sp³-hybridized carbons (Fsp3) is 0.435. The van der Waals surface area contributed by atoms with Gasteiger partial charge in [0.15, 0.2) is 5.96 Å². The summed E-state index contributed by atoms with van der Waals surface area (Å²) in [6.45, 7) is 6.33. The molecule has 0 radical (unpaired) electrons. The van der Waals surface area contributed by atoms with E-state index in [-0.39, 0.29) is 18.3 Å². The van der Waals surface area contributed by atoms with Crippen molar-refractivity contribution in [1.82, 2.24) is 10.6 Å². The number of rotatable bonds is 8. The zero-order valence-electron chi connectivity index (χ0n) is 17.5. The first-order valence-electron chi connectivity index (χ1n) is 10.5. The van der Waals surface area contributed by atoms with Crippen molar-refractivity contribution in [3.05, 3.63) is 65.5 Å². The molecule has 6 nitrogen and oxygen atoms in total. The molecular formula is C23H31FN4O2. The van der Waals surface area contributed by atoms with Gasteiger partial charge in [0.2, 0.25) is 0 Å². The number of anilines is 1. The highest BCUT2D eigenvalue weighted by atomic mass is 19.1. The van der Waals surface area contributed by atoms with Gasteiger partial charge in [0.05, 0.1) is 32.1 Å². The third kappa shape index (κ3) is 6.18. The van der Waals surface area contributed by atoms with Crippen molar-refractivity contribution >= 4 is 11.6 Å². The normalized spacial score (nSPS) is 15.7. The Morgan fingerprint density at radius 2 is 1.93 bits per heavy atom. The molecule has 1 fully saturated rings. The van der Waals surface area contributed by atoms with E-state index in [0.717, 1.165) is 11.1 Å². The van der Waals surface area contributed by atoms with E-state index in [2.05, 4.69) is 15.6 Å². The Morgan fingerprint density at radius 1 is 1.17 bits per heavy atom. The van der Waals surface area contributed by atoms with Crippen molar-refractivity contribution in [3.63, 3.8) is 0 Å². The van der Waals surface area contributed by atoms with Gasteiger partial charge in [-0.2, -0.15) is 0 Å². The average Bonchev–Trinajstić information content (AvgIpc) is 2.79. The van der Waals surface area contributed by atoms with Crippen LogP contribution in [0.2, 0.25) is 0 Å². The Hall–Kier alpha value is -2.64. The molecular weight excluding hydrogens is 383 g/mol. The van der Waals surface area contributed by atoms with Gasteiger partial charge in [0.25, 0.3) is 0 Å². The quantitative estimate of drug-likeness (QED) is 0.457. The molecule has 1 aliphatic heterocycles. The van der Waals surface area contributed by atoms with E-state index in [4.69, 9.17) is 4.74 Å². The van der Waals surface area contributed by atoms with E-state index >= 15 is 0 Å². The summed E-state index contributed by atoms with van der Waals surface area (Å²) in [5.41, 5.74) is 2.50. The third-order valence-corrected chi connectivity index (χ3v) is 5.14. The molecule has 0 aromatic heterocycles. The summed E-state index contributed by atoms with van der Waals surface area (Å²) in [5, 5.41) is 16.2. The standard InChI is InChI=1S/C23H31FN4O2/c1-2-25-23(27-16-20(17-29)19-6-4-3-5-7-19)26-15-18-8-9-22(21(24)14-18)28-10-12-30-13-11-28/h3-9,14,20,29H,2,10-13,15-17H2,1H3,(H2,25,26,27). The highest BCUT2D eigenvalue weighted by molar-refractivity contribution is 5.79. The number of hydrogen-bond donors (Lipinski definition) is 3. The Kier molecular flexibility index (Phi) is 8.47. The minimum atomic E-state index is -0.230. The lowest BCUT2D eigenvalue weighted by Gasteiger charge is -2.29. The van der Waals surface area contributed by atoms with Crippen LogP contribution in [0.15, 0.2) is 53.5 Å². The molecule has 0 amide bonds. The van der Waals surface area contributed by atoms with Gasteiger partial charge in [-0.25, -0.2) is 9.38 Å². The maximum Gasteiger partial charge on any atom is 0.191 e. The SMILES string of the molecule is CCNC(=NCc1ccc(N2CCOCC2)c(F)c1)NCC(CO)c1ccccc1. The molecule has 2 aromatic carbocycles. The molecule has 0 spiro atoms. The number of nitrogens with zero attached hydrogens (tertiary/aromatic N) is 2. The van der Waals surface area contributed by atoms with Crippen LogP contribution in [0.1, 0.15) is 24.0 Å². The summed E-state index contributed by atoms with van der Waals surface area (Å²) in [7, 11) is 0. The third-order valence-electron chi connectivity index (χ3n) is 5.14. The van der Waals surface area contributed by atoms with E-state index in [0.29, 0.717) is 57.6 Å². The van der Waals surface area contributed by atoms with Crippen LogP contribution in [-0.4, -0.2) is 57.1 Å². The van der Waals surface area contributed by atoms with Gasteiger partial charge < -0.3 is 25.4 Å². The number of hydrogen-bond acceptors (Lipinski definition) is 4. The number of aliphatic imine (C=N–C) groups is 1. The van der Waals surface area contributed by atoms with Crippen molar-refractivity contribution in [2.75, 3.05) is 50.9 Å². The van der Waals surface area contributed by atoms with Crippen molar-refractivity contribution in [3.8, 4) is 0 Å². The molecule has 0 aliphatic carbocycles. The lowest BCUT2D eigenvalue weighted by molar-refractivity contribution is 0.122. The summed E-state index contributed by atoms with van der Waals surface area (Å²) in [6, 6.07) is 15.2. The van der Waals surface area contributed by atoms with Crippen LogP contribution in [0, 0.1) is 5.82 Å². The van der Waals surface area contributed by atoms with Crippen LogP contribution in [0.3, 0.4) is 0 Å². The molecule has 0 bridgehead atoms. The van der Waals surface area contributed by atoms with E-state index in [1.54, 1.807) is 6.07 Å². The number of aliphatic hydroxyl groups is 1. The molecule has 30 heavy (non-hydrogen) atoms. The molecule has 3 rings (SSSR count). The Balaban J connectivity index is 1.61. The van der Waals surface area contributed by atoms with Crippen LogP contribution in [0.5, 0.6) is 0 Å². The molecule has 0 saturated carbocycles. The summed E-state index contributed by atoms with van der Waals surface area (Å²) in [4.78, 5) is 6.59. The van der Waals surface area contributed by atoms with Crippen LogP contribution in [0.25, 0.3) is 0 Å². The molecule has 7 heteroatoms. The van der Waals surface area contributed by atoms with Gasteiger partial charge in [0, 0.05) is 32.1 Å². The maximum absolute atomic E-state index is 14.6. The van der Waals surface area contributed by atoms with Gasteiger partial charge in [-0.3, -0.25) is 0 Å². The molecule has 1 aliphatic rings. The summed E-state index contributed by atoms with van der Waals surface area (Å²) in [6.07, 6.45) is 0. The topological polar surface area (TPSA) is 69.1 Å². The van der Waals surface area contributed by atoms with E-state index < -0.39 is 0 Å². The van der Waals surface area contributed by atoms with Gasteiger partial charge >= 0.3 is 0 Å². The van der Waals surface area contributed by atoms with Crippen LogP contribution in [-0.2, 0) is 11.3 Å². The highest BCUT2D eigenvalue weighted by Gasteiger charge is 2.15.